The summed E-state index contributed by atoms with van der Waals surface area (Å²) in [5.74, 6) is -1.14. The van der Waals surface area contributed by atoms with Crippen molar-refractivity contribution >= 4 is 29.7 Å². The predicted molar refractivity (Wildman–Crippen MR) is 134 cm³/mol. The van der Waals surface area contributed by atoms with Gasteiger partial charge in [0.2, 0.25) is 0 Å². The molecule has 0 fully saturated rings. The number of carbonyl (C=O) groups is 3. The molecule has 0 spiro atoms. The van der Waals surface area contributed by atoms with Gasteiger partial charge in [-0.2, -0.15) is 5.10 Å². The topological polar surface area (TPSA) is 106 Å². The van der Waals surface area contributed by atoms with Gasteiger partial charge in [-0.3, -0.25) is 9.59 Å². The van der Waals surface area contributed by atoms with E-state index in [0.717, 1.165) is 18.4 Å². The van der Waals surface area contributed by atoms with Gasteiger partial charge in [-0.1, -0.05) is 31.0 Å². The number of hydrogen-bond donors (Lipinski definition) is 2. The van der Waals surface area contributed by atoms with Crippen LogP contribution >= 0.6 is 0 Å². The van der Waals surface area contributed by atoms with Gasteiger partial charge in [0.1, 0.15) is 11.5 Å². The highest BCUT2D eigenvalue weighted by atomic mass is 16.5. The molecule has 3 aromatic rings. The van der Waals surface area contributed by atoms with Crippen LogP contribution in [-0.2, 0) is 9.59 Å². The van der Waals surface area contributed by atoms with Crippen molar-refractivity contribution in [1.29, 1.82) is 0 Å². The molecule has 180 valence electrons. The van der Waals surface area contributed by atoms with Crippen molar-refractivity contribution in [3.63, 3.8) is 0 Å². The number of carbonyl (C=O) groups excluding carboxylic acids is 3. The van der Waals surface area contributed by atoms with Crippen LogP contribution in [0.5, 0.6) is 11.5 Å². The van der Waals surface area contributed by atoms with Crippen molar-refractivity contribution in [3.8, 4) is 11.5 Å². The Hall–Kier alpha value is -4.46. The zero-order chi connectivity index (χ0) is 25.0. The molecule has 0 aliphatic carbocycles. The second-order valence-electron chi connectivity index (χ2n) is 7.70. The van der Waals surface area contributed by atoms with Gasteiger partial charge in [-0.05, 0) is 79.6 Å². The number of ether oxygens (including phenoxy) is 2. The van der Waals surface area contributed by atoms with Crippen molar-refractivity contribution in [2.75, 3.05) is 11.9 Å². The van der Waals surface area contributed by atoms with Crippen molar-refractivity contribution in [3.05, 3.63) is 89.5 Å². The average molecular weight is 474 g/mol. The summed E-state index contributed by atoms with van der Waals surface area (Å²) in [5, 5.41) is 6.28. The van der Waals surface area contributed by atoms with E-state index in [9.17, 15) is 14.4 Å². The largest absolute Gasteiger partial charge is 0.494 e. The number of aryl methyl sites for hydroxylation is 1. The van der Waals surface area contributed by atoms with E-state index in [1.807, 2.05) is 19.1 Å². The molecule has 0 bridgehead atoms. The average Bonchev–Trinajstić information content (AvgIpc) is 2.87. The molecular weight excluding hydrogens is 446 g/mol. The van der Waals surface area contributed by atoms with Crippen LogP contribution in [0.4, 0.5) is 5.69 Å². The number of rotatable bonds is 9. The van der Waals surface area contributed by atoms with Gasteiger partial charge in [0, 0.05) is 5.69 Å². The lowest BCUT2D eigenvalue weighted by atomic mass is 10.2. The van der Waals surface area contributed by atoms with Crippen LogP contribution in [0.25, 0.3) is 0 Å². The van der Waals surface area contributed by atoms with E-state index in [0.29, 0.717) is 34.9 Å². The van der Waals surface area contributed by atoms with Crippen LogP contribution < -0.4 is 20.2 Å². The van der Waals surface area contributed by atoms with Gasteiger partial charge in [0.25, 0.3) is 0 Å². The molecular formula is C27H27N3O5. The van der Waals surface area contributed by atoms with Crippen molar-refractivity contribution < 1.29 is 23.9 Å². The quantitative estimate of drug-likeness (QED) is 0.119. The van der Waals surface area contributed by atoms with E-state index in [-0.39, 0.29) is 0 Å². The van der Waals surface area contributed by atoms with Crippen molar-refractivity contribution in [2.45, 2.75) is 26.7 Å². The number of hydrazone groups is 1. The van der Waals surface area contributed by atoms with Crippen molar-refractivity contribution in [2.24, 2.45) is 5.10 Å². The van der Waals surface area contributed by atoms with Gasteiger partial charge in [0.05, 0.1) is 18.4 Å². The minimum absolute atomic E-state index is 0.358. The molecule has 0 heterocycles. The first-order valence-electron chi connectivity index (χ1n) is 11.2. The fourth-order valence-corrected chi connectivity index (χ4v) is 2.85. The molecule has 0 aliphatic heterocycles. The molecule has 2 N–H and O–H groups in total. The number of esters is 1. The molecule has 2 amide bonds. The Morgan fingerprint density at radius 1 is 0.857 bits per heavy atom. The summed E-state index contributed by atoms with van der Waals surface area (Å²) in [7, 11) is 0. The minimum Gasteiger partial charge on any atom is -0.494 e. The van der Waals surface area contributed by atoms with E-state index < -0.39 is 17.8 Å². The molecule has 3 aromatic carbocycles. The molecule has 0 saturated carbocycles. The molecule has 0 aromatic heterocycles. The number of anilines is 1. The SMILES string of the molecule is CCCCOc1ccc(C(=O)Oc2ccc(/C=N/NC(=O)C(=O)Nc3ccc(C)cc3)cc2)cc1. The van der Waals surface area contributed by atoms with Gasteiger partial charge < -0.3 is 14.8 Å². The predicted octanol–water partition coefficient (Wildman–Crippen LogP) is 4.48. The fraction of sp³-hybridized carbons (Fsp3) is 0.185. The number of amides is 2. The third-order valence-electron chi connectivity index (χ3n) is 4.84. The van der Waals surface area contributed by atoms with E-state index >= 15 is 0 Å². The Bertz CT molecular complexity index is 1170. The summed E-state index contributed by atoms with van der Waals surface area (Å²) in [6, 6.07) is 20.4. The van der Waals surface area contributed by atoms with Crippen LogP contribution in [0.3, 0.4) is 0 Å². The zero-order valence-electron chi connectivity index (χ0n) is 19.6. The molecule has 3 rings (SSSR count). The second-order valence-corrected chi connectivity index (χ2v) is 7.70. The Balaban J connectivity index is 1.46. The van der Waals surface area contributed by atoms with Crippen molar-refractivity contribution in [1.82, 2.24) is 5.43 Å². The van der Waals surface area contributed by atoms with Crippen LogP contribution in [0.2, 0.25) is 0 Å². The number of nitrogens with one attached hydrogen (secondary N) is 2. The van der Waals surface area contributed by atoms with Gasteiger partial charge in [-0.25, -0.2) is 10.2 Å². The lowest BCUT2D eigenvalue weighted by Gasteiger charge is -2.07. The van der Waals surface area contributed by atoms with Gasteiger partial charge >= 0.3 is 17.8 Å². The van der Waals surface area contributed by atoms with Gasteiger partial charge in [-0.15, -0.1) is 0 Å². The first kappa shape index (κ1) is 25.2. The maximum absolute atomic E-state index is 12.4. The molecule has 8 heteroatoms. The molecule has 0 aliphatic rings. The summed E-state index contributed by atoms with van der Waals surface area (Å²) >= 11 is 0. The van der Waals surface area contributed by atoms with E-state index in [2.05, 4.69) is 22.8 Å². The monoisotopic (exact) mass is 473 g/mol. The Labute approximate surface area is 204 Å². The number of benzene rings is 3. The van der Waals surface area contributed by atoms with Crippen LogP contribution in [0, 0.1) is 6.92 Å². The van der Waals surface area contributed by atoms with Gasteiger partial charge in [0.15, 0.2) is 0 Å². The fourth-order valence-electron chi connectivity index (χ4n) is 2.85. The first-order valence-corrected chi connectivity index (χ1v) is 11.2. The summed E-state index contributed by atoms with van der Waals surface area (Å²) in [6.07, 6.45) is 3.40. The highest BCUT2D eigenvalue weighted by Crippen LogP contribution is 2.17. The summed E-state index contributed by atoms with van der Waals surface area (Å²) in [6.45, 7) is 4.65. The summed E-state index contributed by atoms with van der Waals surface area (Å²) in [5.41, 5.74) is 4.77. The third kappa shape index (κ3) is 8.12. The maximum Gasteiger partial charge on any atom is 0.343 e. The lowest BCUT2D eigenvalue weighted by molar-refractivity contribution is -0.136. The highest BCUT2D eigenvalue weighted by Gasteiger charge is 2.13. The Morgan fingerprint density at radius 2 is 1.51 bits per heavy atom. The number of hydrogen-bond acceptors (Lipinski definition) is 6. The number of unbranched alkanes of at least 4 members (excludes halogenated alkanes) is 1. The standard InChI is InChI=1S/C27H27N3O5/c1-3-4-17-34-23-15-9-21(10-16-23)27(33)35-24-13-7-20(8-14-24)18-28-30-26(32)25(31)29-22-11-5-19(2)6-12-22/h5-16,18H,3-4,17H2,1-2H3,(H,29,31)(H,30,32)/b28-18+. The lowest BCUT2D eigenvalue weighted by Crippen LogP contribution is -2.32. The smallest absolute Gasteiger partial charge is 0.343 e. The van der Waals surface area contributed by atoms with Crippen LogP contribution in [0.15, 0.2) is 77.9 Å². The second kappa shape index (κ2) is 12.7. The normalized spacial score (nSPS) is 10.6. The summed E-state index contributed by atoms with van der Waals surface area (Å²) in [4.78, 5) is 36.2. The minimum atomic E-state index is -0.894. The van der Waals surface area contributed by atoms with E-state index in [1.165, 1.54) is 6.21 Å². The molecule has 35 heavy (non-hydrogen) atoms. The first-order chi connectivity index (χ1) is 16.9. The van der Waals surface area contributed by atoms with E-state index in [1.54, 1.807) is 60.7 Å². The van der Waals surface area contributed by atoms with E-state index in [4.69, 9.17) is 9.47 Å². The molecule has 0 saturated heterocycles. The molecule has 0 radical (unpaired) electrons. The Morgan fingerprint density at radius 3 is 2.17 bits per heavy atom. The molecule has 0 unspecified atom stereocenters. The van der Waals surface area contributed by atoms with Crippen LogP contribution in [-0.4, -0.2) is 30.6 Å². The number of nitrogens with zero attached hydrogens (tertiary/aromatic N) is 1. The zero-order valence-corrected chi connectivity index (χ0v) is 19.6. The molecule has 8 nitrogen and oxygen atoms in total. The summed E-state index contributed by atoms with van der Waals surface area (Å²) < 4.78 is 11.0. The molecule has 0 atom stereocenters. The Kier molecular flexibility index (Phi) is 9.13. The van der Waals surface area contributed by atoms with Crippen LogP contribution in [0.1, 0.15) is 41.3 Å². The maximum atomic E-state index is 12.4. The highest BCUT2D eigenvalue weighted by molar-refractivity contribution is 6.39. The third-order valence-corrected chi connectivity index (χ3v) is 4.84.